The van der Waals surface area contributed by atoms with Crippen molar-refractivity contribution in [1.29, 1.82) is 0 Å². The van der Waals surface area contributed by atoms with E-state index in [1.54, 1.807) is 6.08 Å². The molecule has 0 fully saturated rings. The predicted octanol–water partition coefficient (Wildman–Crippen LogP) is 2.95. The highest BCUT2D eigenvalue weighted by molar-refractivity contribution is 5.75. The molecule has 1 aromatic rings. The highest BCUT2D eigenvalue weighted by Crippen LogP contribution is 2.04. The molecule has 0 unspecified atom stereocenters. The normalized spacial score (nSPS) is 9.81. The topological polar surface area (TPSA) is 78.3 Å². The minimum Gasteiger partial charge on any atom is -0.270 e. The maximum absolute atomic E-state index is 11.1. The molecule has 0 aliphatic carbocycles. The van der Waals surface area contributed by atoms with Crippen LogP contribution in [0.3, 0.4) is 0 Å². The molecule has 0 radical (unpaired) electrons. The molecule has 0 bridgehead atoms. The first kappa shape index (κ1) is 11.8. The summed E-state index contributed by atoms with van der Waals surface area (Å²) in [6.07, 6.45) is 3.04. The Labute approximate surface area is 92.3 Å². The van der Waals surface area contributed by atoms with Gasteiger partial charge in [-0.25, -0.2) is 0 Å². The van der Waals surface area contributed by atoms with Crippen LogP contribution in [-0.2, 0) is 4.84 Å². The Bertz CT molecular complexity index is 424. The largest absolute Gasteiger partial charge is 0.338 e. The number of hydroxylamine groups is 2. The van der Waals surface area contributed by atoms with Crippen LogP contribution in [-0.4, -0.2) is 18.2 Å². The van der Waals surface area contributed by atoms with Crippen LogP contribution in [0.2, 0.25) is 0 Å². The van der Waals surface area contributed by atoms with E-state index in [1.807, 2.05) is 30.3 Å². The van der Waals surface area contributed by atoms with Crippen LogP contribution in [0, 0.1) is 0 Å². The van der Waals surface area contributed by atoms with Gasteiger partial charge < -0.3 is 0 Å². The molecular weight excluding hydrogens is 208 g/mol. The summed E-state index contributed by atoms with van der Waals surface area (Å²) in [7, 11) is 1.31. The lowest BCUT2D eigenvalue weighted by molar-refractivity contribution is -0.0413. The number of rotatable bonds is 3. The van der Waals surface area contributed by atoms with Gasteiger partial charge in [-0.05, 0) is 17.2 Å². The molecule has 1 rings (SSSR count). The number of amides is 2. The fraction of sp³-hybridized carbons (Fsp3) is 0.100. The summed E-state index contributed by atoms with van der Waals surface area (Å²) in [4.78, 5) is 18.2. The predicted molar refractivity (Wildman–Crippen MR) is 58.9 cm³/mol. The quantitative estimate of drug-likeness (QED) is 0.338. The zero-order valence-corrected chi connectivity index (χ0v) is 8.65. The second-order valence-corrected chi connectivity index (χ2v) is 2.71. The van der Waals surface area contributed by atoms with Crippen molar-refractivity contribution < 1.29 is 9.63 Å². The van der Waals surface area contributed by atoms with Gasteiger partial charge >= 0.3 is 6.03 Å². The van der Waals surface area contributed by atoms with Crippen LogP contribution in [0.1, 0.15) is 5.56 Å². The standard InChI is InChI=1S/C10H10N4O2/c1-16-14(10(15)12-13-11)8-7-9-5-3-2-4-6-9/h2-8H,1H3/b8-7+. The van der Waals surface area contributed by atoms with Crippen LogP contribution in [0.25, 0.3) is 16.5 Å². The van der Waals surface area contributed by atoms with E-state index in [9.17, 15) is 4.79 Å². The molecule has 0 saturated heterocycles. The molecule has 0 spiro atoms. The summed E-state index contributed by atoms with van der Waals surface area (Å²) in [5.74, 6) is 0. The number of azide groups is 1. The summed E-state index contributed by atoms with van der Waals surface area (Å²) in [6, 6.07) is 8.52. The van der Waals surface area contributed by atoms with Crippen molar-refractivity contribution in [1.82, 2.24) is 5.06 Å². The first-order valence-electron chi connectivity index (χ1n) is 4.43. The lowest BCUT2D eigenvalue weighted by atomic mass is 10.2. The van der Waals surface area contributed by atoms with E-state index < -0.39 is 6.03 Å². The van der Waals surface area contributed by atoms with Crippen LogP contribution in [0.4, 0.5) is 4.79 Å². The van der Waals surface area contributed by atoms with Gasteiger partial charge in [0.15, 0.2) is 0 Å². The van der Waals surface area contributed by atoms with E-state index in [0.29, 0.717) is 0 Å². The zero-order chi connectivity index (χ0) is 11.8. The Morgan fingerprint density at radius 1 is 1.50 bits per heavy atom. The van der Waals surface area contributed by atoms with Crippen molar-refractivity contribution in [3.05, 3.63) is 52.5 Å². The second-order valence-electron chi connectivity index (χ2n) is 2.71. The minimum absolute atomic E-state index is 0.822. The maximum atomic E-state index is 11.1. The summed E-state index contributed by atoms with van der Waals surface area (Å²) in [5.41, 5.74) is 9.00. The third-order valence-corrected chi connectivity index (χ3v) is 1.72. The van der Waals surface area contributed by atoms with Gasteiger partial charge in [-0.3, -0.25) is 9.63 Å². The van der Waals surface area contributed by atoms with Gasteiger partial charge in [0.1, 0.15) is 0 Å². The van der Waals surface area contributed by atoms with Crippen LogP contribution in [0.15, 0.2) is 41.6 Å². The number of benzene rings is 1. The van der Waals surface area contributed by atoms with Crippen molar-refractivity contribution in [3.63, 3.8) is 0 Å². The first-order valence-corrected chi connectivity index (χ1v) is 4.43. The van der Waals surface area contributed by atoms with Crippen LogP contribution in [0.5, 0.6) is 0 Å². The third kappa shape index (κ3) is 3.45. The second kappa shape index (κ2) is 6.23. The number of nitrogens with zero attached hydrogens (tertiary/aromatic N) is 4. The van der Waals surface area contributed by atoms with Gasteiger partial charge in [-0.2, -0.15) is 5.06 Å². The Kier molecular flexibility index (Phi) is 4.59. The molecule has 82 valence electrons. The molecule has 16 heavy (non-hydrogen) atoms. The SMILES string of the molecule is CON(/C=C/c1ccccc1)C(=O)N=[N+]=[N-]. The van der Waals surface area contributed by atoms with Crippen LogP contribution >= 0.6 is 0 Å². The number of hydrogen-bond donors (Lipinski definition) is 0. The first-order chi connectivity index (χ1) is 7.77. The molecular formula is C10H10N4O2. The van der Waals surface area contributed by atoms with Gasteiger partial charge in [-0.15, -0.1) is 0 Å². The Balaban J connectivity index is 2.74. The molecule has 0 aliphatic rings. The van der Waals surface area contributed by atoms with Gasteiger partial charge in [0, 0.05) is 16.2 Å². The fourth-order valence-electron chi connectivity index (χ4n) is 1.00. The average molecular weight is 218 g/mol. The molecule has 0 saturated carbocycles. The number of carbonyl (C=O) groups is 1. The third-order valence-electron chi connectivity index (χ3n) is 1.72. The minimum atomic E-state index is -0.822. The van der Waals surface area contributed by atoms with E-state index in [-0.39, 0.29) is 0 Å². The molecule has 6 nitrogen and oxygen atoms in total. The number of hydrogen-bond acceptors (Lipinski definition) is 2. The summed E-state index contributed by atoms with van der Waals surface area (Å²) < 4.78 is 0. The van der Waals surface area contributed by atoms with Gasteiger partial charge in [0.2, 0.25) is 0 Å². The number of urea groups is 1. The van der Waals surface area contributed by atoms with Crippen molar-refractivity contribution >= 4 is 12.1 Å². The molecule has 0 aliphatic heterocycles. The fourth-order valence-corrected chi connectivity index (χ4v) is 1.00. The van der Waals surface area contributed by atoms with Crippen LogP contribution < -0.4 is 0 Å². The van der Waals surface area contributed by atoms with Crippen molar-refractivity contribution in [3.8, 4) is 0 Å². The summed E-state index contributed by atoms with van der Waals surface area (Å²) >= 11 is 0. The average Bonchev–Trinajstić information content (AvgIpc) is 2.31. The highest BCUT2D eigenvalue weighted by Gasteiger charge is 2.06. The highest BCUT2D eigenvalue weighted by atomic mass is 16.7. The molecule has 2 amide bonds. The van der Waals surface area contributed by atoms with Crippen molar-refractivity contribution in [2.24, 2.45) is 5.11 Å². The zero-order valence-electron chi connectivity index (χ0n) is 8.65. The van der Waals surface area contributed by atoms with Crippen molar-refractivity contribution in [2.75, 3.05) is 7.11 Å². The van der Waals surface area contributed by atoms with E-state index in [1.165, 1.54) is 13.3 Å². The Morgan fingerprint density at radius 2 is 2.19 bits per heavy atom. The molecule has 0 N–H and O–H groups in total. The Morgan fingerprint density at radius 3 is 2.75 bits per heavy atom. The summed E-state index contributed by atoms with van der Waals surface area (Å²) in [6.45, 7) is 0. The molecule has 1 aromatic carbocycles. The van der Waals surface area contributed by atoms with Gasteiger partial charge in [0.25, 0.3) is 0 Å². The van der Waals surface area contributed by atoms with E-state index in [2.05, 4.69) is 10.0 Å². The molecule has 0 heterocycles. The van der Waals surface area contributed by atoms with Gasteiger partial charge in [0.05, 0.1) is 7.11 Å². The van der Waals surface area contributed by atoms with Gasteiger partial charge in [-0.1, -0.05) is 30.3 Å². The molecule has 0 atom stereocenters. The Hall–Kier alpha value is -2.30. The monoisotopic (exact) mass is 218 g/mol. The maximum Gasteiger partial charge on any atom is 0.338 e. The van der Waals surface area contributed by atoms with E-state index in [4.69, 9.17) is 10.4 Å². The lowest BCUT2D eigenvalue weighted by Gasteiger charge is -2.10. The number of carbonyl (C=O) groups excluding carboxylic acids is 1. The molecule has 6 heteroatoms. The smallest absolute Gasteiger partial charge is 0.270 e. The summed E-state index contributed by atoms with van der Waals surface area (Å²) in [5, 5.41) is 3.74. The lowest BCUT2D eigenvalue weighted by Crippen LogP contribution is -2.20. The van der Waals surface area contributed by atoms with E-state index >= 15 is 0 Å². The molecule has 0 aromatic heterocycles. The van der Waals surface area contributed by atoms with E-state index in [0.717, 1.165) is 10.6 Å². The van der Waals surface area contributed by atoms with Crippen molar-refractivity contribution in [2.45, 2.75) is 0 Å².